The van der Waals surface area contributed by atoms with Crippen LogP contribution in [-0.2, 0) is 23.0 Å². The van der Waals surface area contributed by atoms with Gasteiger partial charge in [-0.1, -0.05) is 24.6 Å². The van der Waals surface area contributed by atoms with E-state index < -0.39 is 10.0 Å². The van der Waals surface area contributed by atoms with Crippen LogP contribution in [0.1, 0.15) is 47.0 Å². The van der Waals surface area contributed by atoms with Crippen molar-refractivity contribution < 1.29 is 17.9 Å². The third-order valence-corrected chi connectivity index (χ3v) is 9.25. The van der Waals surface area contributed by atoms with E-state index in [9.17, 15) is 13.2 Å². The first-order chi connectivity index (χ1) is 16.9. The number of amides is 1. The summed E-state index contributed by atoms with van der Waals surface area (Å²) in [6, 6.07) is 18.2. The van der Waals surface area contributed by atoms with Gasteiger partial charge >= 0.3 is 0 Å². The molecule has 0 spiro atoms. The van der Waals surface area contributed by atoms with Crippen molar-refractivity contribution in [1.29, 1.82) is 0 Å². The lowest BCUT2D eigenvalue weighted by Crippen LogP contribution is -2.39. The number of ether oxygens (including phenoxy) is 1. The second kappa shape index (κ2) is 11.4. The number of sulfonamides is 1. The lowest BCUT2D eigenvalue weighted by molar-refractivity contribution is 0.0676. The fraction of sp³-hybridized carbons (Fsp3) is 0.370. The largest absolute Gasteiger partial charge is 0.497 e. The predicted octanol–water partition coefficient (Wildman–Crippen LogP) is 5.20. The summed E-state index contributed by atoms with van der Waals surface area (Å²) in [5.41, 5.74) is 1.48. The Labute approximate surface area is 212 Å². The molecule has 1 fully saturated rings. The molecule has 1 atom stereocenters. The Morgan fingerprint density at radius 2 is 1.71 bits per heavy atom. The second-order valence-corrected chi connectivity index (χ2v) is 11.9. The Bertz CT molecular complexity index is 1200. The van der Waals surface area contributed by atoms with Crippen molar-refractivity contribution in [1.82, 2.24) is 9.21 Å². The third kappa shape index (κ3) is 6.12. The van der Waals surface area contributed by atoms with Gasteiger partial charge < -0.3 is 9.64 Å². The molecule has 186 valence electrons. The topological polar surface area (TPSA) is 66.9 Å². The SMILES string of the molecule is COc1ccc(CN(C(=O)c2ccc(S(=O)(=O)N3CCCCC3)cc2)C(C)Cc2cccs2)cc1. The fourth-order valence-corrected chi connectivity index (χ4v) is 6.72. The van der Waals surface area contributed by atoms with Crippen LogP contribution >= 0.6 is 11.3 Å². The van der Waals surface area contributed by atoms with E-state index in [0.717, 1.165) is 37.0 Å². The quantitative estimate of drug-likeness (QED) is 0.395. The van der Waals surface area contributed by atoms with Gasteiger partial charge in [-0.25, -0.2) is 8.42 Å². The molecule has 2 aromatic carbocycles. The average molecular weight is 513 g/mol. The fourth-order valence-electron chi connectivity index (χ4n) is 4.38. The van der Waals surface area contributed by atoms with Crippen LogP contribution < -0.4 is 4.74 Å². The second-order valence-electron chi connectivity index (χ2n) is 8.90. The normalized spacial score (nSPS) is 15.5. The van der Waals surface area contributed by atoms with Gasteiger partial charge in [0.1, 0.15) is 5.75 Å². The number of methoxy groups -OCH3 is 1. The van der Waals surface area contributed by atoms with Crippen LogP contribution in [0, 0.1) is 0 Å². The molecular formula is C27H32N2O4S2. The van der Waals surface area contributed by atoms with E-state index in [-0.39, 0.29) is 16.8 Å². The molecule has 0 bridgehead atoms. The highest BCUT2D eigenvalue weighted by Gasteiger charge is 2.27. The highest BCUT2D eigenvalue weighted by atomic mass is 32.2. The summed E-state index contributed by atoms with van der Waals surface area (Å²) in [6.07, 6.45) is 3.59. The summed E-state index contributed by atoms with van der Waals surface area (Å²) in [7, 11) is -1.90. The third-order valence-electron chi connectivity index (χ3n) is 6.44. The molecule has 0 saturated carbocycles. The van der Waals surface area contributed by atoms with Gasteiger partial charge in [-0.3, -0.25) is 4.79 Å². The smallest absolute Gasteiger partial charge is 0.254 e. The molecule has 1 aliphatic rings. The highest BCUT2D eigenvalue weighted by Crippen LogP contribution is 2.23. The standard InChI is InChI=1S/C27H32N2O4S2/c1-21(19-25-7-6-18-34-25)29(20-22-8-12-24(33-2)13-9-22)27(30)23-10-14-26(15-11-23)35(31,32)28-16-4-3-5-17-28/h6-15,18,21H,3-5,16-17,19-20H2,1-2H3. The Kier molecular flexibility index (Phi) is 8.26. The van der Waals surface area contributed by atoms with Gasteiger partial charge in [0.2, 0.25) is 10.0 Å². The lowest BCUT2D eigenvalue weighted by atomic mass is 10.1. The Balaban J connectivity index is 1.56. The van der Waals surface area contributed by atoms with E-state index in [0.29, 0.717) is 25.2 Å². The predicted molar refractivity (Wildman–Crippen MR) is 139 cm³/mol. The van der Waals surface area contributed by atoms with Gasteiger partial charge in [0.05, 0.1) is 12.0 Å². The number of piperidine rings is 1. The maximum absolute atomic E-state index is 13.6. The van der Waals surface area contributed by atoms with Gasteiger partial charge in [-0.05, 0) is 73.2 Å². The van der Waals surface area contributed by atoms with E-state index in [4.69, 9.17) is 4.74 Å². The zero-order valence-electron chi connectivity index (χ0n) is 20.2. The number of carbonyl (C=O) groups excluding carboxylic acids is 1. The zero-order valence-corrected chi connectivity index (χ0v) is 21.9. The van der Waals surface area contributed by atoms with E-state index >= 15 is 0 Å². The molecule has 1 aromatic heterocycles. The number of carbonyl (C=O) groups is 1. The molecule has 1 saturated heterocycles. The van der Waals surface area contributed by atoms with Crippen LogP contribution in [0.3, 0.4) is 0 Å². The molecular weight excluding hydrogens is 480 g/mol. The Morgan fingerprint density at radius 1 is 1.03 bits per heavy atom. The minimum Gasteiger partial charge on any atom is -0.497 e. The van der Waals surface area contributed by atoms with Crippen molar-refractivity contribution in [3.63, 3.8) is 0 Å². The molecule has 4 rings (SSSR count). The van der Waals surface area contributed by atoms with Crippen LogP contribution in [0.4, 0.5) is 0 Å². The van der Waals surface area contributed by atoms with Crippen molar-refractivity contribution in [2.45, 2.75) is 50.1 Å². The molecule has 1 aliphatic heterocycles. The monoisotopic (exact) mass is 512 g/mol. The molecule has 8 heteroatoms. The van der Waals surface area contributed by atoms with Crippen LogP contribution in [-0.4, -0.2) is 49.8 Å². The first kappa shape index (κ1) is 25.4. The van der Waals surface area contributed by atoms with E-state index in [1.165, 1.54) is 4.88 Å². The summed E-state index contributed by atoms with van der Waals surface area (Å²) in [4.78, 5) is 17.0. The average Bonchev–Trinajstić information content (AvgIpc) is 3.41. The number of thiophene rings is 1. The first-order valence-electron chi connectivity index (χ1n) is 11.9. The van der Waals surface area contributed by atoms with Crippen LogP contribution in [0.25, 0.3) is 0 Å². The maximum Gasteiger partial charge on any atom is 0.254 e. The molecule has 3 aromatic rings. The molecule has 0 radical (unpaired) electrons. The van der Waals surface area contributed by atoms with Gasteiger partial charge in [0, 0.05) is 42.5 Å². The van der Waals surface area contributed by atoms with Gasteiger partial charge in [0.25, 0.3) is 5.91 Å². The minimum atomic E-state index is -3.53. The van der Waals surface area contributed by atoms with Gasteiger partial charge in [0.15, 0.2) is 0 Å². The van der Waals surface area contributed by atoms with Crippen molar-refractivity contribution >= 4 is 27.3 Å². The summed E-state index contributed by atoms with van der Waals surface area (Å²) in [6.45, 7) is 3.61. The van der Waals surface area contributed by atoms with Crippen LogP contribution in [0.15, 0.2) is 70.9 Å². The molecule has 1 unspecified atom stereocenters. The van der Waals surface area contributed by atoms with E-state index in [2.05, 4.69) is 13.0 Å². The van der Waals surface area contributed by atoms with Gasteiger partial charge in [-0.2, -0.15) is 4.31 Å². The highest BCUT2D eigenvalue weighted by molar-refractivity contribution is 7.89. The first-order valence-corrected chi connectivity index (χ1v) is 14.3. The Morgan fingerprint density at radius 3 is 2.31 bits per heavy atom. The maximum atomic E-state index is 13.6. The Hall–Kier alpha value is -2.68. The molecule has 0 aliphatic carbocycles. The molecule has 35 heavy (non-hydrogen) atoms. The number of rotatable bonds is 9. The minimum absolute atomic E-state index is 0.0417. The summed E-state index contributed by atoms with van der Waals surface area (Å²) >= 11 is 1.68. The zero-order chi connectivity index (χ0) is 24.8. The summed E-state index contributed by atoms with van der Waals surface area (Å²) < 4.78 is 32.8. The number of nitrogens with zero attached hydrogens (tertiary/aromatic N) is 2. The summed E-state index contributed by atoms with van der Waals surface area (Å²) in [5.74, 6) is 0.649. The molecule has 0 N–H and O–H groups in total. The molecule has 1 amide bonds. The van der Waals surface area contributed by atoms with Gasteiger partial charge in [-0.15, -0.1) is 11.3 Å². The van der Waals surface area contributed by atoms with Crippen LogP contribution in [0.5, 0.6) is 5.75 Å². The van der Waals surface area contributed by atoms with Crippen molar-refractivity contribution in [3.8, 4) is 5.75 Å². The van der Waals surface area contributed by atoms with E-state index in [1.54, 1.807) is 47.0 Å². The lowest BCUT2D eigenvalue weighted by Gasteiger charge is -2.30. The van der Waals surface area contributed by atoms with Crippen LogP contribution in [0.2, 0.25) is 0 Å². The number of hydrogen-bond acceptors (Lipinski definition) is 5. The number of hydrogen-bond donors (Lipinski definition) is 0. The summed E-state index contributed by atoms with van der Waals surface area (Å²) in [5, 5.41) is 2.04. The molecule has 2 heterocycles. The van der Waals surface area contributed by atoms with Crippen molar-refractivity contribution in [2.75, 3.05) is 20.2 Å². The van der Waals surface area contributed by atoms with Crippen molar-refractivity contribution in [3.05, 3.63) is 82.0 Å². The molecule has 6 nitrogen and oxygen atoms in total. The number of benzene rings is 2. The van der Waals surface area contributed by atoms with Crippen molar-refractivity contribution in [2.24, 2.45) is 0 Å². The van der Waals surface area contributed by atoms with E-state index in [1.807, 2.05) is 40.6 Å².